The van der Waals surface area contributed by atoms with E-state index in [4.69, 9.17) is 5.26 Å². The number of pyridine rings is 3. The molecule has 0 radical (unpaired) electrons. The highest BCUT2D eigenvalue weighted by molar-refractivity contribution is 5.91. The zero-order valence-corrected chi connectivity index (χ0v) is 18.9. The molecule has 4 heterocycles. The van der Waals surface area contributed by atoms with Gasteiger partial charge in [-0.1, -0.05) is 18.2 Å². The smallest absolute Gasteiger partial charge is 0.265 e. The summed E-state index contributed by atoms with van der Waals surface area (Å²) in [4.78, 5) is 20.9. The number of hydrogen-bond donors (Lipinski definition) is 0. The Morgan fingerprint density at radius 1 is 0.972 bits per heavy atom. The summed E-state index contributed by atoms with van der Waals surface area (Å²) in [6.45, 7) is 1.43. The molecule has 36 heavy (non-hydrogen) atoms. The van der Waals surface area contributed by atoms with E-state index in [1.165, 1.54) is 22.1 Å². The van der Waals surface area contributed by atoms with Crippen LogP contribution in [0.2, 0.25) is 0 Å². The standard InChI is InChI=1S/C26H17F3N6O/c1-16-20(6-7-22(32-16)26(27,28)29)15-35-25(36)34-13-10-21(18-4-2-17(14-30)3-5-18)23(24(34)33-35)19-8-11-31-12-9-19/h2-13H,15H2,1H3. The van der Waals surface area contributed by atoms with E-state index in [2.05, 4.69) is 21.1 Å². The third-order valence-corrected chi connectivity index (χ3v) is 5.85. The topological polar surface area (TPSA) is 88.9 Å². The normalized spacial score (nSPS) is 11.5. The summed E-state index contributed by atoms with van der Waals surface area (Å²) in [6.07, 6.45) is 0.323. The molecule has 0 bridgehead atoms. The van der Waals surface area contributed by atoms with Crippen LogP contribution in [0, 0.1) is 18.3 Å². The zero-order valence-electron chi connectivity index (χ0n) is 18.9. The van der Waals surface area contributed by atoms with Gasteiger partial charge in [-0.2, -0.15) is 18.4 Å². The van der Waals surface area contributed by atoms with Crippen LogP contribution in [0.4, 0.5) is 13.2 Å². The van der Waals surface area contributed by atoms with E-state index in [9.17, 15) is 18.0 Å². The predicted molar refractivity (Wildman–Crippen MR) is 126 cm³/mol. The summed E-state index contributed by atoms with van der Waals surface area (Å²) >= 11 is 0. The molecule has 0 amide bonds. The van der Waals surface area contributed by atoms with Crippen LogP contribution in [0.15, 0.2) is 78.0 Å². The Kier molecular flexibility index (Phi) is 5.60. The minimum atomic E-state index is -4.55. The van der Waals surface area contributed by atoms with Crippen molar-refractivity contribution < 1.29 is 13.2 Å². The average Bonchev–Trinajstić information content (AvgIpc) is 3.19. The van der Waals surface area contributed by atoms with Gasteiger partial charge in [-0.15, -0.1) is 5.10 Å². The maximum atomic E-state index is 13.2. The monoisotopic (exact) mass is 486 g/mol. The van der Waals surface area contributed by atoms with E-state index in [1.54, 1.807) is 48.9 Å². The molecule has 1 aromatic carbocycles. The molecule has 0 saturated heterocycles. The van der Waals surface area contributed by atoms with Crippen LogP contribution in [0.5, 0.6) is 0 Å². The lowest BCUT2D eigenvalue weighted by Crippen LogP contribution is -2.22. The molecule has 5 aromatic rings. The fourth-order valence-electron chi connectivity index (χ4n) is 4.03. The van der Waals surface area contributed by atoms with Gasteiger partial charge >= 0.3 is 11.9 Å². The van der Waals surface area contributed by atoms with Crippen molar-refractivity contribution in [3.63, 3.8) is 0 Å². The number of alkyl halides is 3. The van der Waals surface area contributed by atoms with E-state index >= 15 is 0 Å². The first kappa shape index (κ1) is 23.0. The first-order valence-electron chi connectivity index (χ1n) is 10.8. The molecule has 0 aliphatic carbocycles. The fourth-order valence-corrected chi connectivity index (χ4v) is 4.03. The molecule has 0 aliphatic rings. The van der Waals surface area contributed by atoms with E-state index < -0.39 is 17.6 Å². The second-order valence-corrected chi connectivity index (χ2v) is 8.10. The molecule has 4 aromatic heterocycles. The molecule has 178 valence electrons. The molecular formula is C26H17F3N6O. The summed E-state index contributed by atoms with van der Waals surface area (Å²) in [7, 11) is 0. The highest BCUT2D eigenvalue weighted by atomic mass is 19.4. The van der Waals surface area contributed by atoms with Crippen LogP contribution < -0.4 is 5.69 Å². The van der Waals surface area contributed by atoms with Gasteiger partial charge in [0.2, 0.25) is 0 Å². The number of halogens is 3. The second-order valence-electron chi connectivity index (χ2n) is 8.10. The maximum absolute atomic E-state index is 13.2. The van der Waals surface area contributed by atoms with E-state index in [1.807, 2.05) is 12.1 Å². The van der Waals surface area contributed by atoms with Crippen LogP contribution in [0.3, 0.4) is 0 Å². The highest BCUT2D eigenvalue weighted by Gasteiger charge is 2.32. The molecule has 0 atom stereocenters. The van der Waals surface area contributed by atoms with Gasteiger partial charge in [0.25, 0.3) is 0 Å². The number of nitriles is 1. The van der Waals surface area contributed by atoms with E-state index in [-0.39, 0.29) is 12.2 Å². The van der Waals surface area contributed by atoms with Crippen molar-refractivity contribution in [1.82, 2.24) is 24.1 Å². The number of benzene rings is 1. The molecular weight excluding hydrogens is 469 g/mol. The molecule has 0 fully saturated rings. The Labute approximate surface area is 202 Å². The second kappa shape index (κ2) is 8.78. The first-order valence-corrected chi connectivity index (χ1v) is 10.8. The van der Waals surface area contributed by atoms with Crippen LogP contribution in [-0.4, -0.2) is 24.1 Å². The van der Waals surface area contributed by atoms with Crippen LogP contribution in [-0.2, 0) is 12.7 Å². The zero-order chi connectivity index (χ0) is 25.4. The minimum absolute atomic E-state index is 0.0422. The highest BCUT2D eigenvalue weighted by Crippen LogP contribution is 2.34. The van der Waals surface area contributed by atoms with Crippen molar-refractivity contribution in [2.24, 2.45) is 0 Å². The van der Waals surface area contributed by atoms with Gasteiger partial charge in [-0.25, -0.2) is 18.9 Å². The maximum Gasteiger partial charge on any atom is 0.433 e. The molecule has 0 N–H and O–H groups in total. The molecule has 5 rings (SSSR count). The Balaban J connectivity index is 1.67. The quantitative estimate of drug-likeness (QED) is 0.362. The van der Waals surface area contributed by atoms with Crippen molar-refractivity contribution in [2.45, 2.75) is 19.6 Å². The van der Waals surface area contributed by atoms with Crippen molar-refractivity contribution in [3.8, 4) is 28.3 Å². The Bertz CT molecular complexity index is 1680. The minimum Gasteiger partial charge on any atom is -0.265 e. The average molecular weight is 486 g/mol. The summed E-state index contributed by atoms with van der Waals surface area (Å²) in [6, 6.07) is 16.8. The molecule has 0 unspecified atom stereocenters. The van der Waals surface area contributed by atoms with Crippen molar-refractivity contribution >= 4 is 5.65 Å². The molecule has 0 aliphatic heterocycles. The molecule has 0 saturated carbocycles. The van der Waals surface area contributed by atoms with Gasteiger partial charge in [0.1, 0.15) is 5.69 Å². The van der Waals surface area contributed by atoms with Gasteiger partial charge in [0, 0.05) is 29.8 Å². The number of aromatic nitrogens is 5. The third-order valence-electron chi connectivity index (χ3n) is 5.85. The Hall–Kier alpha value is -4.78. The van der Waals surface area contributed by atoms with Crippen LogP contribution >= 0.6 is 0 Å². The summed E-state index contributed by atoms with van der Waals surface area (Å²) in [5.74, 6) is 0. The van der Waals surface area contributed by atoms with Crippen LogP contribution in [0.25, 0.3) is 27.9 Å². The predicted octanol–water partition coefficient (Wildman–Crippen LogP) is 4.87. The Morgan fingerprint density at radius 3 is 2.33 bits per heavy atom. The lowest BCUT2D eigenvalue weighted by atomic mass is 9.96. The number of hydrogen-bond acceptors (Lipinski definition) is 5. The van der Waals surface area contributed by atoms with E-state index in [0.29, 0.717) is 22.3 Å². The van der Waals surface area contributed by atoms with Crippen molar-refractivity contribution in [2.75, 3.05) is 0 Å². The molecule has 10 heteroatoms. The van der Waals surface area contributed by atoms with Crippen molar-refractivity contribution in [3.05, 3.63) is 106 Å². The molecule has 7 nitrogen and oxygen atoms in total. The van der Waals surface area contributed by atoms with Gasteiger partial charge in [-0.05, 0) is 65.6 Å². The first-order chi connectivity index (χ1) is 17.3. The number of nitrogens with zero attached hydrogens (tertiary/aromatic N) is 6. The Morgan fingerprint density at radius 2 is 1.69 bits per heavy atom. The van der Waals surface area contributed by atoms with E-state index in [0.717, 1.165) is 22.8 Å². The largest absolute Gasteiger partial charge is 0.433 e. The summed E-state index contributed by atoms with van der Waals surface area (Å²) < 4.78 is 41.6. The third kappa shape index (κ3) is 4.11. The van der Waals surface area contributed by atoms with Crippen LogP contribution in [0.1, 0.15) is 22.5 Å². The lowest BCUT2D eigenvalue weighted by molar-refractivity contribution is -0.141. The SMILES string of the molecule is Cc1nc(C(F)(F)F)ccc1Cn1nc2c(-c3ccncc3)c(-c3ccc(C#N)cc3)ccn2c1=O. The molecule has 0 spiro atoms. The summed E-state index contributed by atoms with van der Waals surface area (Å²) in [5, 5.41) is 13.7. The van der Waals surface area contributed by atoms with Gasteiger partial charge in [-0.3, -0.25) is 4.98 Å². The van der Waals surface area contributed by atoms with Gasteiger partial charge in [0.05, 0.1) is 18.2 Å². The van der Waals surface area contributed by atoms with Gasteiger partial charge in [0.15, 0.2) is 5.65 Å². The number of fused-ring (bicyclic) bond motifs is 1. The number of aryl methyl sites for hydroxylation is 1. The summed E-state index contributed by atoms with van der Waals surface area (Å²) in [5.41, 5.74) is 3.17. The fraction of sp³-hybridized carbons (Fsp3) is 0.115. The van der Waals surface area contributed by atoms with Crippen molar-refractivity contribution in [1.29, 1.82) is 5.26 Å². The lowest BCUT2D eigenvalue weighted by Gasteiger charge is -2.11. The number of rotatable bonds is 4. The van der Waals surface area contributed by atoms with Gasteiger partial charge < -0.3 is 0 Å².